The summed E-state index contributed by atoms with van der Waals surface area (Å²) in [4.78, 5) is 15.5. The maximum atomic E-state index is 12.6. The fourth-order valence-corrected chi connectivity index (χ4v) is 4.86. The summed E-state index contributed by atoms with van der Waals surface area (Å²) in [6.45, 7) is 0. The quantitative estimate of drug-likeness (QED) is 0.619. The van der Waals surface area contributed by atoms with E-state index in [4.69, 9.17) is 23.2 Å². The van der Waals surface area contributed by atoms with Crippen molar-refractivity contribution in [1.82, 2.24) is 9.55 Å². The Morgan fingerprint density at radius 2 is 1.92 bits per heavy atom. The third-order valence-electron chi connectivity index (χ3n) is 3.36. The van der Waals surface area contributed by atoms with Crippen LogP contribution in [0.5, 0.6) is 0 Å². The minimum absolute atomic E-state index is 0.0106. The zero-order valence-corrected chi connectivity index (χ0v) is 16.3. The molecule has 26 heavy (non-hydrogen) atoms. The molecule has 0 fully saturated rings. The molecule has 7 nitrogen and oxygen atoms in total. The summed E-state index contributed by atoms with van der Waals surface area (Å²) in [5.41, 5.74) is 0.973. The first kappa shape index (κ1) is 18.7. The summed E-state index contributed by atoms with van der Waals surface area (Å²) in [6.07, 6.45) is 1.46. The highest BCUT2D eigenvalue weighted by Gasteiger charge is 2.24. The van der Waals surface area contributed by atoms with Crippen LogP contribution in [0.3, 0.4) is 0 Å². The van der Waals surface area contributed by atoms with Gasteiger partial charge in [-0.2, -0.15) is 0 Å². The lowest BCUT2D eigenvalue weighted by Crippen LogP contribution is -2.15. The molecule has 1 N–H and O–H groups in total. The highest BCUT2D eigenvalue weighted by molar-refractivity contribution is 7.93. The molecule has 2 heterocycles. The summed E-state index contributed by atoms with van der Waals surface area (Å²) < 4.78 is 33.7. The highest BCUT2D eigenvalue weighted by atomic mass is 35.5. The molecule has 0 spiro atoms. The molecule has 0 unspecified atom stereocenters. The van der Waals surface area contributed by atoms with Crippen molar-refractivity contribution in [1.29, 1.82) is 0 Å². The zero-order chi connectivity index (χ0) is 18.9. The largest absolute Gasteiger partial charge is 0.465 e. The number of aromatic nitrogens is 2. The van der Waals surface area contributed by atoms with Crippen LogP contribution in [-0.4, -0.2) is 31.0 Å². The van der Waals surface area contributed by atoms with Gasteiger partial charge in [-0.05, 0) is 35.7 Å². The molecular weight excluding hydrogens is 421 g/mol. The van der Waals surface area contributed by atoms with Crippen LogP contribution < -0.4 is 4.72 Å². The molecule has 0 saturated carbocycles. The number of anilines is 1. The Morgan fingerprint density at radius 3 is 2.50 bits per heavy atom. The molecule has 0 saturated heterocycles. The van der Waals surface area contributed by atoms with Crippen molar-refractivity contribution in [3.63, 3.8) is 0 Å². The van der Waals surface area contributed by atoms with Gasteiger partial charge >= 0.3 is 5.97 Å². The maximum Gasteiger partial charge on any atom is 0.349 e. The molecule has 136 valence electrons. The molecule has 3 rings (SSSR count). The van der Waals surface area contributed by atoms with Crippen LogP contribution in [0.2, 0.25) is 10.3 Å². The Morgan fingerprint density at radius 1 is 1.23 bits per heavy atom. The third-order valence-corrected chi connectivity index (χ3v) is 6.54. The van der Waals surface area contributed by atoms with Gasteiger partial charge in [0.15, 0.2) is 10.3 Å². The molecular formula is C15H11Cl2N3O4S2. The van der Waals surface area contributed by atoms with Crippen LogP contribution in [0.1, 0.15) is 9.67 Å². The van der Waals surface area contributed by atoms with Crippen LogP contribution in [0.4, 0.5) is 5.69 Å². The summed E-state index contributed by atoms with van der Waals surface area (Å²) in [5.74, 6) is -0.706. The summed E-state index contributed by atoms with van der Waals surface area (Å²) in [6, 6.07) is 7.76. The first-order chi connectivity index (χ1) is 12.3. The lowest BCUT2D eigenvalue weighted by atomic mass is 10.3. The lowest BCUT2D eigenvalue weighted by Gasteiger charge is -2.10. The van der Waals surface area contributed by atoms with E-state index in [-0.39, 0.29) is 20.1 Å². The van der Waals surface area contributed by atoms with Gasteiger partial charge < -0.3 is 4.74 Å². The molecule has 0 radical (unpaired) electrons. The Kier molecular flexibility index (Phi) is 5.24. The van der Waals surface area contributed by atoms with Crippen molar-refractivity contribution in [3.8, 4) is 5.69 Å². The van der Waals surface area contributed by atoms with Gasteiger partial charge in [-0.15, -0.1) is 11.3 Å². The number of thiophene rings is 1. The number of carbonyl (C=O) groups excluding carboxylic acids is 1. The Hall–Kier alpha value is -2.07. The van der Waals surface area contributed by atoms with Gasteiger partial charge in [-0.1, -0.05) is 23.2 Å². The Balaban J connectivity index is 1.86. The smallest absolute Gasteiger partial charge is 0.349 e. The molecule has 2 aromatic heterocycles. The van der Waals surface area contributed by atoms with Crippen LogP contribution in [0.25, 0.3) is 5.69 Å². The second-order valence-electron chi connectivity index (χ2n) is 4.95. The normalized spacial score (nSPS) is 11.3. The second-order valence-corrected chi connectivity index (χ2v) is 8.24. The van der Waals surface area contributed by atoms with Gasteiger partial charge in [0.05, 0.1) is 7.11 Å². The van der Waals surface area contributed by atoms with Crippen LogP contribution in [0.15, 0.2) is 46.9 Å². The Labute approximate surface area is 163 Å². The van der Waals surface area contributed by atoms with E-state index in [1.807, 2.05) is 0 Å². The van der Waals surface area contributed by atoms with Crippen molar-refractivity contribution >= 4 is 56.2 Å². The Bertz CT molecular complexity index is 1060. The maximum absolute atomic E-state index is 12.6. The fraction of sp³-hybridized carbons (Fsp3) is 0.0667. The number of rotatable bonds is 5. The van der Waals surface area contributed by atoms with Gasteiger partial charge in [0.2, 0.25) is 0 Å². The molecule has 0 amide bonds. The second kappa shape index (κ2) is 7.28. The van der Waals surface area contributed by atoms with Gasteiger partial charge in [0.1, 0.15) is 16.1 Å². The van der Waals surface area contributed by atoms with Crippen molar-refractivity contribution < 1.29 is 17.9 Å². The average Bonchev–Trinajstić information content (AvgIpc) is 3.23. The highest BCUT2D eigenvalue weighted by Crippen LogP contribution is 2.27. The minimum Gasteiger partial charge on any atom is -0.465 e. The average molecular weight is 432 g/mol. The van der Waals surface area contributed by atoms with Gasteiger partial charge in [-0.25, -0.2) is 18.2 Å². The number of ether oxygens (including phenoxy) is 1. The molecule has 3 aromatic rings. The van der Waals surface area contributed by atoms with Crippen molar-refractivity contribution in [3.05, 3.63) is 57.2 Å². The standard InChI is InChI=1S/C15H11Cl2N3O4S2/c1-24-15(21)12-11(6-7-25-12)26(22,23)19-9-2-4-10(5-3-9)20-8-18-13(16)14(20)17/h2-8,19H,1H3. The first-order valence-corrected chi connectivity index (χ1v) is 10.1. The number of nitrogens with zero attached hydrogens (tertiary/aromatic N) is 2. The molecule has 0 bridgehead atoms. The fourth-order valence-electron chi connectivity index (χ4n) is 2.14. The molecule has 0 aliphatic heterocycles. The van der Waals surface area contributed by atoms with Crippen molar-refractivity contribution in [2.24, 2.45) is 0 Å². The molecule has 0 aliphatic carbocycles. The number of halogens is 2. The number of esters is 1. The minimum atomic E-state index is -3.94. The van der Waals surface area contributed by atoms with E-state index < -0.39 is 16.0 Å². The number of methoxy groups -OCH3 is 1. The summed E-state index contributed by atoms with van der Waals surface area (Å²) in [5, 5.41) is 1.93. The summed E-state index contributed by atoms with van der Waals surface area (Å²) >= 11 is 12.8. The SMILES string of the molecule is COC(=O)c1sccc1S(=O)(=O)Nc1ccc(-n2cnc(Cl)c2Cl)cc1. The van der Waals surface area contributed by atoms with Crippen molar-refractivity contribution in [2.75, 3.05) is 11.8 Å². The van der Waals surface area contributed by atoms with E-state index >= 15 is 0 Å². The number of hydrogen-bond acceptors (Lipinski definition) is 6. The van der Waals surface area contributed by atoms with Crippen LogP contribution >= 0.6 is 34.5 Å². The topological polar surface area (TPSA) is 90.3 Å². The number of nitrogens with one attached hydrogen (secondary N) is 1. The summed E-state index contributed by atoms with van der Waals surface area (Å²) in [7, 11) is -2.75. The van der Waals surface area contributed by atoms with E-state index in [0.29, 0.717) is 11.4 Å². The van der Waals surface area contributed by atoms with Gasteiger partial charge in [0, 0.05) is 11.4 Å². The number of imidazole rings is 1. The van der Waals surface area contributed by atoms with Crippen molar-refractivity contribution in [2.45, 2.75) is 4.90 Å². The predicted octanol–water partition coefficient (Wildman–Crippen LogP) is 3.83. The van der Waals surface area contributed by atoms with E-state index in [1.165, 1.54) is 24.9 Å². The molecule has 1 aromatic carbocycles. The predicted molar refractivity (Wildman–Crippen MR) is 100 cm³/mol. The number of hydrogen-bond donors (Lipinski definition) is 1. The van der Waals surface area contributed by atoms with E-state index in [9.17, 15) is 13.2 Å². The van der Waals surface area contributed by atoms with E-state index in [2.05, 4.69) is 14.4 Å². The first-order valence-electron chi connectivity index (χ1n) is 7.01. The molecule has 0 aliphatic rings. The lowest BCUT2D eigenvalue weighted by molar-refractivity contribution is 0.0602. The van der Waals surface area contributed by atoms with Gasteiger partial charge in [-0.3, -0.25) is 9.29 Å². The zero-order valence-electron chi connectivity index (χ0n) is 13.1. The molecule has 0 atom stereocenters. The van der Waals surface area contributed by atoms with Crippen LogP contribution in [-0.2, 0) is 14.8 Å². The number of sulfonamides is 1. The molecule has 11 heteroatoms. The van der Waals surface area contributed by atoms with Gasteiger partial charge in [0.25, 0.3) is 10.0 Å². The number of carbonyl (C=O) groups is 1. The third kappa shape index (κ3) is 3.56. The van der Waals surface area contributed by atoms with E-state index in [1.54, 1.807) is 28.8 Å². The van der Waals surface area contributed by atoms with Crippen LogP contribution in [0, 0.1) is 0 Å². The van der Waals surface area contributed by atoms with E-state index in [0.717, 1.165) is 11.3 Å². The number of benzene rings is 1. The monoisotopic (exact) mass is 431 g/mol.